The van der Waals surface area contributed by atoms with Gasteiger partial charge in [-0.15, -0.1) is 22.0 Å². The van der Waals surface area contributed by atoms with Crippen LogP contribution in [0.3, 0.4) is 0 Å². The summed E-state index contributed by atoms with van der Waals surface area (Å²) < 4.78 is 0. The van der Waals surface area contributed by atoms with E-state index in [0.717, 1.165) is 15.5 Å². The van der Waals surface area contributed by atoms with Crippen LogP contribution in [0.4, 0.5) is 10.8 Å². The molecule has 0 bridgehead atoms. The summed E-state index contributed by atoms with van der Waals surface area (Å²) >= 11 is 15.2. The summed E-state index contributed by atoms with van der Waals surface area (Å²) in [6.07, 6.45) is 1.47. The van der Waals surface area contributed by atoms with Gasteiger partial charge in [0.05, 0.1) is 10.0 Å². The molecule has 45 heavy (non-hydrogen) atoms. The summed E-state index contributed by atoms with van der Waals surface area (Å²) in [6, 6.07) is 30.0. The molecule has 12 heteroatoms. The fourth-order valence-electron chi connectivity index (χ4n) is 4.13. The second kappa shape index (κ2) is 15.0. The smallest absolute Gasteiger partial charge is 0.272 e. The molecule has 0 aliphatic carbocycles. The van der Waals surface area contributed by atoms with Crippen LogP contribution in [0.2, 0.25) is 10.0 Å². The maximum absolute atomic E-state index is 13.6. The second-order valence-electron chi connectivity index (χ2n) is 9.53. The van der Waals surface area contributed by atoms with Gasteiger partial charge in [-0.05, 0) is 60.5 Å². The van der Waals surface area contributed by atoms with Crippen molar-refractivity contribution in [3.05, 3.63) is 141 Å². The van der Waals surface area contributed by atoms with E-state index in [4.69, 9.17) is 23.2 Å². The molecule has 0 aliphatic rings. The van der Waals surface area contributed by atoms with Crippen LogP contribution in [0.25, 0.3) is 6.08 Å². The van der Waals surface area contributed by atoms with Crippen LogP contribution in [-0.2, 0) is 9.59 Å². The van der Waals surface area contributed by atoms with Gasteiger partial charge in [0.15, 0.2) is 0 Å². The van der Waals surface area contributed by atoms with E-state index >= 15 is 0 Å². The van der Waals surface area contributed by atoms with Crippen LogP contribution >= 0.6 is 46.3 Å². The normalized spacial score (nSPS) is 11.8. The zero-order valence-electron chi connectivity index (χ0n) is 23.7. The molecule has 3 N–H and O–H groups in total. The highest BCUT2D eigenvalue weighted by atomic mass is 35.5. The average Bonchev–Trinajstić information content (AvgIpc) is 3.46. The zero-order chi connectivity index (χ0) is 31.8. The molecule has 0 saturated heterocycles. The highest BCUT2D eigenvalue weighted by Gasteiger charge is 2.24. The number of benzene rings is 4. The molecule has 1 unspecified atom stereocenters. The van der Waals surface area contributed by atoms with Gasteiger partial charge in [-0.25, -0.2) is 0 Å². The zero-order valence-corrected chi connectivity index (χ0v) is 26.8. The lowest BCUT2D eigenvalue weighted by molar-refractivity contribution is -0.116. The number of hydrogen-bond acceptors (Lipinski definition) is 7. The number of carbonyl (C=O) groups is 3. The number of halogens is 2. The Bertz CT molecular complexity index is 1870. The van der Waals surface area contributed by atoms with E-state index < -0.39 is 17.1 Å². The lowest BCUT2D eigenvalue weighted by Gasteiger charge is -2.17. The van der Waals surface area contributed by atoms with Gasteiger partial charge in [0.25, 0.3) is 11.8 Å². The number of aryl methyl sites for hydroxylation is 1. The van der Waals surface area contributed by atoms with E-state index in [1.807, 2.05) is 43.3 Å². The number of aromatic nitrogens is 2. The van der Waals surface area contributed by atoms with Crippen molar-refractivity contribution in [1.82, 2.24) is 15.5 Å². The van der Waals surface area contributed by atoms with Crippen molar-refractivity contribution < 1.29 is 14.4 Å². The summed E-state index contributed by atoms with van der Waals surface area (Å²) in [4.78, 5) is 40.7. The lowest BCUT2D eigenvalue weighted by atomic mass is 10.1. The molecule has 5 aromatic rings. The number of nitrogens with zero attached hydrogens (tertiary/aromatic N) is 2. The fourth-order valence-corrected chi connectivity index (χ4v) is 6.17. The maximum atomic E-state index is 13.6. The standard InChI is InChI=1S/C33H25Cl2N5O3S2/c1-20-39-40-33(44-20)38-32(43)29(21-10-4-2-5-11-21)45-25-16-9-15-24(19-25)36-31(42)27(18-23-14-8-17-26(34)28(23)35)37-30(41)22-12-6-3-7-13-22/h2-19,29H,1H3,(H,36,42)(H,37,41)(H,38,40,43)/b27-18+. The van der Waals surface area contributed by atoms with Gasteiger partial charge in [-0.3, -0.25) is 19.7 Å². The summed E-state index contributed by atoms with van der Waals surface area (Å²) in [6.45, 7) is 1.81. The largest absolute Gasteiger partial charge is 0.321 e. The number of anilines is 2. The highest BCUT2D eigenvalue weighted by Crippen LogP contribution is 2.37. The van der Waals surface area contributed by atoms with E-state index in [9.17, 15) is 14.4 Å². The van der Waals surface area contributed by atoms with Crippen molar-refractivity contribution in [3.63, 3.8) is 0 Å². The molecule has 1 atom stereocenters. The van der Waals surface area contributed by atoms with Gasteiger partial charge in [0.2, 0.25) is 11.0 Å². The van der Waals surface area contributed by atoms with Crippen LogP contribution < -0.4 is 16.0 Å². The van der Waals surface area contributed by atoms with E-state index in [2.05, 4.69) is 26.1 Å². The Morgan fingerprint density at radius 3 is 2.27 bits per heavy atom. The molecule has 3 amide bonds. The predicted molar refractivity (Wildman–Crippen MR) is 182 cm³/mol. The van der Waals surface area contributed by atoms with Gasteiger partial charge < -0.3 is 10.6 Å². The van der Waals surface area contributed by atoms with E-state index in [0.29, 0.717) is 27.0 Å². The van der Waals surface area contributed by atoms with E-state index in [-0.39, 0.29) is 16.6 Å². The maximum Gasteiger partial charge on any atom is 0.272 e. The van der Waals surface area contributed by atoms with Gasteiger partial charge in [0.1, 0.15) is 16.0 Å². The van der Waals surface area contributed by atoms with Gasteiger partial charge in [-0.2, -0.15) is 0 Å². The van der Waals surface area contributed by atoms with Crippen molar-refractivity contribution in [2.45, 2.75) is 17.1 Å². The van der Waals surface area contributed by atoms with E-state index in [1.54, 1.807) is 66.7 Å². The summed E-state index contributed by atoms with van der Waals surface area (Å²) in [5.41, 5.74) is 2.03. The minimum atomic E-state index is -0.619. The summed E-state index contributed by atoms with van der Waals surface area (Å²) in [7, 11) is 0. The third-order valence-electron chi connectivity index (χ3n) is 6.25. The topological polar surface area (TPSA) is 113 Å². The van der Waals surface area contributed by atoms with Crippen molar-refractivity contribution in [2.24, 2.45) is 0 Å². The SMILES string of the molecule is Cc1nnc(NC(=O)C(Sc2cccc(NC(=O)/C(=C\c3cccc(Cl)c3Cl)NC(=O)c3ccccc3)c2)c2ccccc2)s1. The van der Waals surface area contributed by atoms with Crippen LogP contribution in [0, 0.1) is 6.92 Å². The number of thioether (sulfide) groups is 1. The Morgan fingerprint density at radius 2 is 1.56 bits per heavy atom. The van der Waals surface area contributed by atoms with Crippen LogP contribution in [0.1, 0.15) is 31.7 Å². The Labute approximate surface area is 277 Å². The molecule has 5 rings (SSSR count). The van der Waals surface area contributed by atoms with Crippen molar-refractivity contribution in [2.75, 3.05) is 10.6 Å². The minimum absolute atomic E-state index is 0.0417. The van der Waals surface area contributed by atoms with Crippen LogP contribution in [0.5, 0.6) is 0 Å². The molecular weight excluding hydrogens is 649 g/mol. The lowest BCUT2D eigenvalue weighted by Crippen LogP contribution is -2.30. The first-order valence-corrected chi connectivity index (χ1v) is 16.0. The predicted octanol–water partition coefficient (Wildman–Crippen LogP) is 8.04. The Kier molecular flexibility index (Phi) is 10.6. The van der Waals surface area contributed by atoms with Gasteiger partial charge in [-0.1, -0.05) is 101 Å². The summed E-state index contributed by atoms with van der Waals surface area (Å²) in [5.74, 6) is -1.31. The number of carbonyl (C=O) groups excluding carboxylic acids is 3. The Morgan fingerprint density at radius 1 is 0.844 bits per heavy atom. The molecule has 8 nitrogen and oxygen atoms in total. The molecule has 0 spiro atoms. The minimum Gasteiger partial charge on any atom is -0.321 e. The molecule has 4 aromatic carbocycles. The third kappa shape index (κ3) is 8.58. The third-order valence-corrected chi connectivity index (χ3v) is 9.09. The molecule has 226 valence electrons. The fraction of sp³-hybridized carbons (Fsp3) is 0.0606. The number of amides is 3. The first kappa shape index (κ1) is 31.9. The number of rotatable bonds is 10. The number of nitrogens with one attached hydrogen (secondary N) is 3. The van der Waals surface area contributed by atoms with Gasteiger partial charge >= 0.3 is 0 Å². The molecule has 1 aromatic heterocycles. The number of hydrogen-bond donors (Lipinski definition) is 3. The molecule has 0 aliphatic heterocycles. The summed E-state index contributed by atoms with van der Waals surface area (Å²) in [5, 5.41) is 17.5. The molecule has 0 fully saturated rings. The Hall–Kier alpha value is -4.48. The monoisotopic (exact) mass is 673 g/mol. The van der Waals surface area contributed by atoms with Crippen LogP contribution in [-0.4, -0.2) is 27.9 Å². The average molecular weight is 675 g/mol. The molecular formula is C33H25Cl2N5O3S2. The quantitative estimate of drug-likeness (QED) is 0.102. The van der Waals surface area contributed by atoms with Crippen molar-refractivity contribution in [3.8, 4) is 0 Å². The molecule has 1 heterocycles. The Balaban J connectivity index is 1.39. The van der Waals surface area contributed by atoms with Crippen molar-refractivity contribution >= 4 is 80.9 Å². The van der Waals surface area contributed by atoms with Crippen molar-refractivity contribution in [1.29, 1.82) is 0 Å². The first-order chi connectivity index (χ1) is 21.8. The highest BCUT2D eigenvalue weighted by molar-refractivity contribution is 8.00. The van der Waals surface area contributed by atoms with E-state index in [1.165, 1.54) is 29.2 Å². The van der Waals surface area contributed by atoms with Crippen LogP contribution in [0.15, 0.2) is 114 Å². The molecule has 0 radical (unpaired) electrons. The first-order valence-electron chi connectivity index (χ1n) is 13.5. The van der Waals surface area contributed by atoms with Gasteiger partial charge in [0, 0.05) is 16.1 Å². The second-order valence-corrected chi connectivity index (χ2v) is 12.7. The molecule has 0 saturated carbocycles.